The molecule has 1 saturated carbocycles. The standard InChI is InChI=1S/C18H19Cl2N3O3/c1-11(26-16-5-4-13(19)8-14(16)20)18(25)21-6-7-23-10-22-15(9-17(23)24)12-2-3-12/h4-5,8-12H,2-3,6-7H2,1H3,(H,21,25). The van der Waals surface area contributed by atoms with Crippen LogP contribution in [-0.4, -0.2) is 28.1 Å². The number of halogens is 2. The number of rotatable bonds is 7. The number of aromatic nitrogens is 2. The van der Waals surface area contributed by atoms with Gasteiger partial charge in [0.05, 0.1) is 17.0 Å². The van der Waals surface area contributed by atoms with Crippen LogP contribution in [0.25, 0.3) is 0 Å². The monoisotopic (exact) mass is 395 g/mol. The summed E-state index contributed by atoms with van der Waals surface area (Å²) in [6.45, 7) is 2.26. The van der Waals surface area contributed by atoms with E-state index in [2.05, 4.69) is 10.3 Å². The van der Waals surface area contributed by atoms with Gasteiger partial charge in [-0.15, -0.1) is 0 Å². The molecule has 0 spiro atoms. The Kier molecular flexibility index (Phi) is 5.84. The SMILES string of the molecule is CC(Oc1ccc(Cl)cc1Cl)C(=O)NCCn1cnc(C2CC2)cc1=O. The fourth-order valence-electron chi connectivity index (χ4n) is 2.47. The van der Waals surface area contributed by atoms with Crippen LogP contribution in [-0.2, 0) is 11.3 Å². The van der Waals surface area contributed by atoms with E-state index in [1.807, 2.05) is 0 Å². The number of ether oxygens (including phenoxy) is 1. The van der Waals surface area contributed by atoms with Gasteiger partial charge in [0.25, 0.3) is 11.5 Å². The van der Waals surface area contributed by atoms with E-state index < -0.39 is 6.10 Å². The van der Waals surface area contributed by atoms with E-state index in [0.29, 0.717) is 34.8 Å². The summed E-state index contributed by atoms with van der Waals surface area (Å²) < 4.78 is 7.03. The quantitative estimate of drug-likeness (QED) is 0.781. The Morgan fingerprint density at radius 2 is 2.15 bits per heavy atom. The largest absolute Gasteiger partial charge is 0.479 e. The van der Waals surface area contributed by atoms with Crippen molar-refractivity contribution in [2.24, 2.45) is 0 Å². The average molecular weight is 396 g/mol. The summed E-state index contributed by atoms with van der Waals surface area (Å²) in [4.78, 5) is 28.5. The molecule has 1 aliphatic rings. The van der Waals surface area contributed by atoms with Crippen LogP contribution in [0, 0.1) is 0 Å². The van der Waals surface area contributed by atoms with E-state index in [0.717, 1.165) is 18.5 Å². The van der Waals surface area contributed by atoms with Gasteiger partial charge in [0, 0.05) is 30.1 Å². The third-order valence-electron chi connectivity index (χ3n) is 4.12. The molecule has 1 heterocycles. The van der Waals surface area contributed by atoms with Crippen molar-refractivity contribution < 1.29 is 9.53 Å². The van der Waals surface area contributed by atoms with Crippen molar-refractivity contribution in [1.82, 2.24) is 14.9 Å². The second-order valence-electron chi connectivity index (χ2n) is 6.25. The lowest BCUT2D eigenvalue weighted by atomic mass is 10.3. The number of nitrogens with zero attached hydrogens (tertiary/aromatic N) is 2. The highest BCUT2D eigenvalue weighted by Crippen LogP contribution is 2.38. The third-order valence-corrected chi connectivity index (χ3v) is 4.65. The molecule has 0 radical (unpaired) electrons. The summed E-state index contributed by atoms with van der Waals surface area (Å²) in [5.41, 5.74) is 0.755. The van der Waals surface area contributed by atoms with Crippen LogP contribution in [0.1, 0.15) is 31.4 Å². The molecule has 8 heteroatoms. The van der Waals surface area contributed by atoms with E-state index in [9.17, 15) is 9.59 Å². The third kappa shape index (κ3) is 4.77. The molecule has 1 aromatic carbocycles. The van der Waals surface area contributed by atoms with Crippen molar-refractivity contribution in [2.75, 3.05) is 6.54 Å². The van der Waals surface area contributed by atoms with Crippen molar-refractivity contribution in [1.29, 1.82) is 0 Å². The molecule has 138 valence electrons. The number of amides is 1. The predicted octanol–water partition coefficient (Wildman–Crippen LogP) is 3.01. The van der Waals surface area contributed by atoms with Crippen LogP contribution in [0.5, 0.6) is 5.75 Å². The molecule has 1 aliphatic carbocycles. The molecule has 1 aromatic heterocycles. The van der Waals surface area contributed by atoms with E-state index in [-0.39, 0.29) is 11.5 Å². The molecule has 3 rings (SSSR count). The van der Waals surface area contributed by atoms with Gasteiger partial charge >= 0.3 is 0 Å². The molecule has 0 bridgehead atoms. The van der Waals surface area contributed by atoms with E-state index in [1.165, 1.54) is 10.9 Å². The zero-order valence-electron chi connectivity index (χ0n) is 14.2. The van der Waals surface area contributed by atoms with Crippen molar-refractivity contribution in [3.8, 4) is 5.75 Å². The van der Waals surface area contributed by atoms with E-state index >= 15 is 0 Å². The maximum absolute atomic E-state index is 12.1. The highest BCUT2D eigenvalue weighted by molar-refractivity contribution is 6.35. The summed E-state index contributed by atoms with van der Waals surface area (Å²) in [7, 11) is 0. The summed E-state index contributed by atoms with van der Waals surface area (Å²) >= 11 is 11.9. The fourth-order valence-corrected chi connectivity index (χ4v) is 2.92. The van der Waals surface area contributed by atoms with Crippen molar-refractivity contribution in [3.63, 3.8) is 0 Å². The summed E-state index contributed by atoms with van der Waals surface area (Å²) in [5, 5.41) is 3.57. The Bertz CT molecular complexity index is 865. The second kappa shape index (κ2) is 8.10. The van der Waals surface area contributed by atoms with Gasteiger partial charge in [-0.2, -0.15) is 0 Å². The van der Waals surface area contributed by atoms with Gasteiger partial charge < -0.3 is 10.1 Å². The molecule has 0 aliphatic heterocycles. The second-order valence-corrected chi connectivity index (χ2v) is 7.09. The first-order valence-electron chi connectivity index (χ1n) is 8.40. The van der Waals surface area contributed by atoms with E-state index in [4.69, 9.17) is 27.9 Å². The Labute approximate surface area is 161 Å². The molecule has 0 saturated heterocycles. The molecule has 1 N–H and O–H groups in total. The molecule has 1 unspecified atom stereocenters. The lowest BCUT2D eigenvalue weighted by Crippen LogP contribution is -2.39. The molecular weight excluding hydrogens is 377 g/mol. The van der Waals surface area contributed by atoms with Crippen LogP contribution in [0.4, 0.5) is 0 Å². The Balaban J connectivity index is 1.49. The van der Waals surface area contributed by atoms with Crippen LogP contribution >= 0.6 is 23.2 Å². The highest BCUT2D eigenvalue weighted by atomic mass is 35.5. The Morgan fingerprint density at radius 3 is 2.81 bits per heavy atom. The van der Waals surface area contributed by atoms with Gasteiger partial charge in [-0.05, 0) is 38.0 Å². The van der Waals surface area contributed by atoms with Crippen LogP contribution < -0.4 is 15.6 Å². The first-order valence-corrected chi connectivity index (χ1v) is 9.15. The first kappa shape index (κ1) is 18.7. The van der Waals surface area contributed by atoms with Crippen molar-refractivity contribution >= 4 is 29.1 Å². The van der Waals surface area contributed by atoms with Crippen LogP contribution in [0.3, 0.4) is 0 Å². The Morgan fingerprint density at radius 1 is 1.38 bits per heavy atom. The maximum Gasteiger partial charge on any atom is 0.260 e. The minimum Gasteiger partial charge on any atom is -0.479 e. The predicted molar refractivity (Wildman–Crippen MR) is 100 cm³/mol. The van der Waals surface area contributed by atoms with E-state index in [1.54, 1.807) is 31.2 Å². The van der Waals surface area contributed by atoms with Gasteiger partial charge in [0.15, 0.2) is 6.10 Å². The molecule has 1 fully saturated rings. The maximum atomic E-state index is 12.1. The van der Waals surface area contributed by atoms with Crippen LogP contribution in [0.15, 0.2) is 35.4 Å². The first-order chi connectivity index (χ1) is 12.4. The summed E-state index contributed by atoms with van der Waals surface area (Å²) in [6, 6.07) is 6.38. The van der Waals surface area contributed by atoms with Gasteiger partial charge in [0.1, 0.15) is 5.75 Å². The summed E-state index contributed by atoms with van der Waals surface area (Å²) in [6.07, 6.45) is 3.00. The molecule has 26 heavy (non-hydrogen) atoms. The molecule has 1 atom stereocenters. The number of hydrogen-bond acceptors (Lipinski definition) is 4. The zero-order chi connectivity index (χ0) is 18.7. The van der Waals surface area contributed by atoms with Gasteiger partial charge in [-0.3, -0.25) is 14.2 Å². The highest BCUT2D eigenvalue weighted by Gasteiger charge is 2.25. The van der Waals surface area contributed by atoms with Gasteiger partial charge in [-0.25, -0.2) is 4.98 Å². The minimum atomic E-state index is -0.735. The van der Waals surface area contributed by atoms with Gasteiger partial charge in [0.2, 0.25) is 0 Å². The number of hydrogen-bond donors (Lipinski definition) is 1. The number of nitrogens with one attached hydrogen (secondary N) is 1. The lowest BCUT2D eigenvalue weighted by Gasteiger charge is -2.16. The molecule has 2 aromatic rings. The van der Waals surface area contributed by atoms with Crippen molar-refractivity contribution in [2.45, 2.75) is 38.3 Å². The lowest BCUT2D eigenvalue weighted by molar-refractivity contribution is -0.127. The number of carbonyl (C=O) groups is 1. The normalized spacial score (nSPS) is 14.7. The fraction of sp³-hybridized carbons (Fsp3) is 0.389. The van der Waals surface area contributed by atoms with Gasteiger partial charge in [-0.1, -0.05) is 23.2 Å². The number of benzene rings is 1. The zero-order valence-corrected chi connectivity index (χ0v) is 15.8. The minimum absolute atomic E-state index is 0.103. The molecular formula is C18H19Cl2N3O3. The van der Waals surface area contributed by atoms with Crippen molar-refractivity contribution in [3.05, 3.63) is 56.7 Å². The Hall–Kier alpha value is -2.05. The van der Waals surface area contributed by atoms with Crippen LogP contribution in [0.2, 0.25) is 10.0 Å². The number of carbonyl (C=O) groups excluding carboxylic acids is 1. The average Bonchev–Trinajstić information content (AvgIpc) is 3.43. The molecule has 6 nitrogen and oxygen atoms in total. The molecule has 1 amide bonds. The summed E-state index contributed by atoms with van der Waals surface area (Å²) in [5.74, 6) is 0.524. The topological polar surface area (TPSA) is 73.2 Å². The smallest absolute Gasteiger partial charge is 0.260 e.